The number of esters is 1. The Bertz CT molecular complexity index is 192. The van der Waals surface area contributed by atoms with E-state index in [-0.39, 0.29) is 17.9 Å². The molecule has 0 aliphatic rings. The van der Waals surface area contributed by atoms with E-state index < -0.39 is 0 Å². The average molecular weight is 215 g/mol. The lowest BCUT2D eigenvalue weighted by atomic mass is 10.0. The molecule has 0 N–H and O–H groups in total. The summed E-state index contributed by atoms with van der Waals surface area (Å²) in [6.07, 6.45) is 0. The maximum Gasteiger partial charge on any atom is 0.309 e. The van der Waals surface area contributed by atoms with Gasteiger partial charge in [0.1, 0.15) is 0 Å². The van der Waals surface area contributed by atoms with Crippen LogP contribution < -0.4 is 0 Å². The highest BCUT2D eigenvalue weighted by molar-refractivity contribution is 5.72. The van der Waals surface area contributed by atoms with Gasteiger partial charge in [0.05, 0.1) is 13.0 Å². The molecular formula is C12H25NO2. The molecule has 0 aliphatic heterocycles. The molecule has 2 unspecified atom stereocenters. The van der Waals surface area contributed by atoms with E-state index in [0.29, 0.717) is 5.92 Å². The summed E-state index contributed by atoms with van der Waals surface area (Å²) in [6, 6.07) is 0.241. The van der Waals surface area contributed by atoms with Crippen molar-refractivity contribution >= 4 is 5.97 Å². The third-order valence-electron chi connectivity index (χ3n) is 2.88. The summed E-state index contributed by atoms with van der Waals surface area (Å²) >= 11 is 0. The van der Waals surface area contributed by atoms with Crippen molar-refractivity contribution in [3.05, 3.63) is 0 Å². The summed E-state index contributed by atoms with van der Waals surface area (Å²) in [7, 11) is 1.45. The van der Waals surface area contributed by atoms with E-state index in [9.17, 15) is 4.79 Å². The zero-order valence-electron chi connectivity index (χ0n) is 10.9. The number of ether oxygens (including phenoxy) is 1. The zero-order valence-corrected chi connectivity index (χ0v) is 10.9. The van der Waals surface area contributed by atoms with E-state index in [2.05, 4.69) is 32.6 Å². The van der Waals surface area contributed by atoms with Gasteiger partial charge < -0.3 is 4.74 Å². The maximum absolute atomic E-state index is 11.4. The number of carbonyl (C=O) groups is 1. The first-order valence-electron chi connectivity index (χ1n) is 5.75. The molecule has 3 nitrogen and oxygen atoms in total. The number of hydrogen-bond acceptors (Lipinski definition) is 3. The highest BCUT2D eigenvalue weighted by Crippen LogP contribution is 2.14. The molecular weight excluding hydrogens is 190 g/mol. The number of nitrogens with zero attached hydrogens (tertiary/aromatic N) is 1. The summed E-state index contributed by atoms with van der Waals surface area (Å²) in [4.78, 5) is 13.7. The Labute approximate surface area is 93.8 Å². The normalized spacial score (nSPS) is 15.5. The first-order chi connectivity index (χ1) is 6.93. The Morgan fingerprint density at radius 1 is 1.27 bits per heavy atom. The van der Waals surface area contributed by atoms with Gasteiger partial charge in [-0.3, -0.25) is 9.69 Å². The molecule has 0 rings (SSSR count). The fourth-order valence-electron chi connectivity index (χ4n) is 1.75. The Hall–Kier alpha value is -0.570. The van der Waals surface area contributed by atoms with E-state index in [1.165, 1.54) is 7.11 Å². The lowest BCUT2D eigenvalue weighted by Gasteiger charge is -2.32. The van der Waals surface area contributed by atoms with Gasteiger partial charge in [0, 0.05) is 12.6 Å². The molecule has 0 aliphatic carbocycles. The number of methoxy groups -OCH3 is 1. The van der Waals surface area contributed by atoms with Crippen LogP contribution in [0.1, 0.15) is 34.6 Å². The van der Waals surface area contributed by atoms with Crippen LogP contribution in [0.15, 0.2) is 0 Å². The Morgan fingerprint density at radius 3 is 2.13 bits per heavy atom. The summed E-state index contributed by atoms with van der Waals surface area (Å²) in [5, 5.41) is 0. The molecule has 2 atom stereocenters. The van der Waals surface area contributed by atoms with Crippen LogP contribution in [0.4, 0.5) is 0 Å². The molecule has 0 amide bonds. The second-order valence-electron chi connectivity index (χ2n) is 4.53. The SMILES string of the molecule is CCN(CC(C)C)C(C)C(C)C(=O)OC. The van der Waals surface area contributed by atoms with E-state index in [0.717, 1.165) is 13.1 Å². The maximum atomic E-state index is 11.4. The van der Waals surface area contributed by atoms with Gasteiger partial charge in [0.15, 0.2) is 0 Å². The molecule has 0 bridgehead atoms. The average Bonchev–Trinajstić information content (AvgIpc) is 2.22. The first kappa shape index (κ1) is 14.4. The lowest BCUT2D eigenvalue weighted by Crippen LogP contribution is -2.42. The fraction of sp³-hybridized carbons (Fsp3) is 0.917. The minimum Gasteiger partial charge on any atom is -0.469 e. The third-order valence-corrected chi connectivity index (χ3v) is 2.88. The van der Waals surface area contributed by atoms with Crippen LogP contribution in [0.25, 0.3) is 0 Å². The van der Waals surface area contributed by atoms with E-state index in [4.69, 9.17) is 4.74 Å². The van der Waals surface area contributed by atoms with Crippen LogP contribution in [0, 0.1) is 11.8 Å². The Morgan fingerprint density at radius 2 is 1.80 bits per heavy atom. The van der Waals surface area contributed by atoms with E-state index in [1.807, 2.05) is 6.92 Å². The van der Waals surface area contributed by atoms with Gasteiger partial charge in [-0.15, -0.1) is 0 Å². The van der Waals surface area contributed by atoms with Crippen molar-refractivity contribution in [3.63, 3.8) is 0 Å². The van der Waals surface area contributed by atoms with Gasteiger partial charge in [-0.05, 0) is 19.4 Å². The summed E-state index contributed by atoms with van der Waals surface area (Å²) in [5.41, 5.74) is 0. The molecule has 15 heavy (non-hydrogen) atoms. The van der Waals surface area contributed by atoms with Crippen molar-refractivity contribution in [1.29, 1.82) is 0 Å². The van der Waals surface area contributed by atoms with Crippen molar-refractivity contribution in [2.24, 2.45) is 11.8 Å². The first-order valence-corrected chi connectivity index (χ1v) is 5.75. The second-order valence-corrected chi connectivity index (χ2v) is 4.53. The summed E-state index contributed by atoms with van der Waals surface area (Å²) < 4.78 is 4.77. The van der Waals surface area contributed by atoms with Crippen molar-refractivity contribution in [1.82, 2.24) is 4.90 Å². The minimum atomic E-state index is -0.121. The number of hydrogen-bond donors (Lipinski definition) is 0. The van der Waals surface area contributed by atoms with Crippen molar-refractivity contribution in [2.75, 3.05) is 20.2 Å². The Kier molecular flexibility index (Phi) is 6.57. The van der Waals surface area contributed by atoms with Crippen molar-refractivity contribution < 1.29 is 9.53 Å². The van der Waals surface area contributed by atoms with E-state index in [1.54, 1.807) is 0 Å². The number of carbonyl (C=O) groups excluding carboxylic acids is 1. The molecule has 0 fully saturated rings. The molecule has 3 heteroatoms. The van der Waals surface area contributed by atoms with Crippen LogP contribution in [0.5, 0.6) is 0 Å². The van der Waals surface area contributed by atoms with Gasteiger partial charge in [0.25, 0.3) is 0 Å². The monoisotopic (exact) mass is 215 g/mol. The quantitative estimate of drug-likeness (QED) is 0.636. The highest BCUT2D eigenvalue weighted by atomic mass is 16.5. The molecule has 0 radical (unpaired) electrons. The molecule has 0 aromatic carbocycles. The fourth-order valence-corrected chi connectivity index (χ4v) is 1.75. The summed E-state index contributed by atoms with van der Waals surface area (Å²) in [6.45, 7) is 12.5. The highest BCUT2D eigenvalue weighted by Gasteiger charge is 2.25. The molecule has 0 spiro atoms. The smallest absolute Gasteiger partial charge is 0.309 e. The van der Waals surface area contributed by atoms with Gasteiger partial charge >= 0.3 is 5.97 Å². The van der Waals surface area contributed by atoms with Gasteiger partial charge in [0.2, 0.25) is 0 Å². The van der Waals surface area contributed by atoms with Gasteiger partial charge in [-0.25, -0.2) is 0 Å². The van der Waals surface area contributed by atoms with Crippen LogP contribution in [0.2, 0.25) is 0 Å². The van der Waals surface area contributed by atoms with Crippen molar-refractivity contribution in [3.8, 4) is 0 Å². The molecule has 0 saturated heterocycles. The second kappa shape index (κ2) is 6.83. The predicted octanol–water partition coefficient (Wildman–Crippen LogP) is 2.16. The topological polar surface area (TPSA) is 29.5 Å². The molecule has 0 aromatic heterocycles. The predicted molar refractivity (Wildman–Crippen MR) is 62.7 cm³/mol. The van der Waals surface area contributed by atoms with Crippen LogP contribution >= 0.6 is 0 Å². The zero-order chi connectivity index (χ0) is 12.0. The third kappa shape index (κ3) is 4.65. The molecule has 90 valence electrons. The van der Waals surface area contributed by atoms with Crippen LogP contribution in [-0.4, -0.2) is 37.1 Å². The Balaban J connectivity index is 4.36. The van der Waals surface area contributed by atoms with Gasteiger partial charge in [-0.2, -0.15) is 0 Å². The largest absolute Gasteiger partial charge is 0.469 e. The lowest BCUT2D eigenvalue weighted by molar-refractivity contribution is -0.147. The van der Waals surface area contributed by atoms with Crippen LogP contribution in [0.3, 0.4) is 0 Å². The van der Waals surface area contributed by atoms with Crippen LogP contribution in [-0.2, 0) is 9.53 Å². The summed E-state index contributed by atoms with van der Waals surface area (Å²) in [5.74, 6) is 0.440. The van der Waals surface area contributed by atoms with E-state index >= 15 is 0 Å². The minimum absolute atomic E-state index is 0.0614. The van der Waals surface area contributed by atoms with Crippen molar-refractivity contribution in [2.45, 2.75) is 40.7 Å². The molecule has 0 heterocycles. The molecule has 0 aromatic rings. The molecule has 0 saturated carbocycles. The standard InChI is InChI=1S/C12H25NO2/c1-7-13(8-9(2)3)11(5)10(4)12(14)15-6/h9-11H,7-8H2,1-6H3. The number of rotatable bonds is 6. The van der Waals surface area contributed by atoms with Gasteiger partial charge in [-0.1, -0.05) is 27.7 Å².